The fourth-order valence-corrected chi connectivity index (χ4v) is 5.15. The molecule has 1 aliphatic rings. The fraction of sp³-hybridized carbons (Fsp3) is 0.368. The summed E-state index contributed by atoms with van der Waals surface area (Å²) in [5.74, 6) is 2.50. The van der Waals surface area contributed by atoms with Crippen molar-refractivity contribution in [3.05, 3.63) is 56.7 Å². The number of hydrogen-bond donors (Lipinski definition) is 1. The van der Waals surface area contributed by atoms with E-state index in [4.69, 9.17) is 4.74 Å². The number of aryl methyl sites for hydroxylation is 2. The van der Waals surface area contributed by atoms with Gasteiger partial charge in [0.05, 0.1) is 17.7 Å². The van der Waals surface area contributed by atoms with Crippen LogP contribution in [0.5, 0.6) is 5.75 Å². The Hall–Kier alpha value is -1.86. The minimum Gasteiger partial charge on any atom is -0.493 e. The molecule has 7 heteroatoms. The van der Waals surface area contributed by atoms with Gasteiger partial charge in [-0.25, -0.2) is 9.37 Å². The summed E-state index contributed by atoms with van der Waals surface area (Å²) in [5.41, 5.74) is 1.21. The second kappa shape index (κ2) is 7.80. The van der Waals surface area contributed by atoms with Crippen molar-refractivity contribution in [2.75, 3.05) is 12.4 Å². The molecule has 0 fully saturated rings. The summed E-state index contributed by atoms with van der Waals surface area (Å²) in [6, 6.07) is 6.00. The molecule has 1 aliphatic carbocycles. The number of thiophene rings is 1. The van der Waals surface area contributed by atoms with E-state index < -0.39 is 0 Å². The molecule has 0 amide bonds. The van der Waals surface area contributed by atoms with E-state index in [0.717, 1.165) is 35.2 Å². The lowest BCUT2D eigenvalue weighted by molar-refractivity contribution is 0.343. The minimum atomic E-state index is -0.271. The van der Waals surface area contributed by atoms with Gasteiger partial charge in [0.15, 0.2) is 0 Å². The van der Waals surface area contributed by atoms with Crippen molar-refractivity contribution >= 4 is 33.3 Å². The Labute approximate surface area is 158 Å². The molecule has 0 spiro atoms. The molecule has 0 saturated heterocycles. The maximum atomic E-state index is 12.8. The van der Waals surface area contributed by atoms with Crippen LogP contribution in [0.3, 0.4) is 0 Å². The van der Waals surface area contributed by atoms with Crippen LogP contribution in [0, 0.1) is 5.82 Å². The van der Waals surface area contributed by atoms with Crippen LogP contribution in [0.25, 0.3) is 10.2 Å². The Bertz CT molecular complexity index is 966. The average molecular weight is 391 g/mol. The highest BCUT2D eigenvalue weighted by molar-refractivity contribution is 7.98. The van der Waals surface area contributed by atoms with E-state index in [2.05, 4.69) is 9.97 Å². The van der Waals surface area contributed by atoms with Gasteiger partial charge in [-0.15, -0.1) is 11.3 Å². The molecule has 0 unspecified atom stereocenters. The molecular weight excluding hydrogens is 371 g/mol. The number of H-pyrrole nitrogens is 1. The van der Waals surface area contributed by atoms with Crippen molar-refractivity contribution in [1.29, 1.82) is 0 Å². The number of nitrogens with zero attached hydrogens (tertiary/aromatic N) is 1. The first kappa shape index (κ1) is 17.5. The highest BCUT2D eigenvalue weighted by Gasteiger charge is 2.19. The van der Waals surface area contributed by atoms with Gasteiger partial charge >= 0.3 is 0 Å². The summed E-state index contributed by atoms with van der Waals surface area (Å²) in [4.78, 5) is 22.3. The highest BCUT2D eigenvalue weighted by atomic mass is 32.2. The molecule has 2 aromatic heterocycles. The van der Waals surface area contributed by atoms with E-state index in [1.807, 2.05) is 0 Å². The van der Waals surface area contributed by atoms with Gasteiger partial charge in [0.25, 0.3) is 5.56 Å². The smallest absolute Gasteiger partial charge is 0.259 e. The van der Waals surface area contributed by atoms with Gasteiger partial charge in [0.2, 0.25) is 0 Å². The lowest BCUT2D eigenvalue weighted by atomic mass is 9.97. The molecule has 1 N–H and O–H groups in total. The lowest BCUT2D eigenvalue weighted by Gasteiger charge is -2.09. The zero-order valence-electron chi connectivity index (χ0n) is 14.2. The summed E-state index contributed by atoms with van der Waals surface area (Å²) in [6.45, 7) is 0.524. The zero-order valence-corrected chi connectivity index (χ0v) is 15.9. The topological polar surface area (TPSA) is 55.0 Å². The normalized spacial score (nSPS) is 13.7. The summed E-state index contributed by atoms with van der Waals surface area (Å²) >= 11 is 3.33. The van der Waals surface area contributed by atoms with E-state index >= 15 is 0 Å². The average Bonchev–Trinajstić information content (AvgIpc) is 3.02. The van der Waals surface area contributed by atoms with Crippen molar-refractivity contribution in [2.45, 2.75) is 31.4 Å². The predicted octanol–water partition coefficient (Wildman–Crippen LogP) is 4.31. The molecule has 0 bridgehead atoms. The molecule has 4 nitrogen and oxygen atoms in total. The number of aromatic amines is 1. The Kier molecular flexibility index (Phi) is 5.26. The number of nitrogens with one attached hydrogen (secondary N) is 1. The summed E-state index contributed by atoms with van der Waals surface area (Å²) in [5, 5.41) is 0.804. The van der Waals surface area contributed by atoms with Gasteiger partial charge in [0, 0.05) is 10.6 Å². The first-order valence-corrected chi connectivity index (χ1v) is 10.7. The number of aromatic nitrogens is 2. The first-order valence-electron chi connectivity index (χ1n) is 8.70. The monoisotopic (exact) mass is 390 g/mol. The molecule has 0 radical (unpaired) electrons. The molecular formula is C19H19FN2O2S2. The van der Waals surface area contributed by atoms with Crippen molar-refractivity contribution in [2.24, 2.45) is 0 Å². The van der Waals surface area contributed by atoms with Crippen LogP contribution in [-0.2, 0) is 18.6 Å². The van der Waals surface area contributed by atoms with E-state index in [0.29, 0.717) is 23.9 Å². The van der Waals surface area contributed by atoms with Crippen molar-refractivity contribution in [3.8, 4) is 5.75 Å². The number of thioether (sulfide) groups is 1. The fourth-order valence-electron chi connectivity index (χ4n) is 3.19. The second-order valence-corrected chi connectivity index (χ2v) is 8.45. The van der Waals surface area contributed by atoms with Gasteiger partial charge in [-0.2, -0.15) is 11.8 Å². The van der Waals surface area contributed by atoms with Crippen LogP contribution < -0.4 is 10.3 Å². The van der Waals surface area contributed by atoms with Crippen molar-refractivity contribution in [1.82, 2.24) is 9.97 Å². The number of rotatable bonds is 6. The molecule has 0 atom stereocenters. The lowest BCUT2D eigenvalue weighted by Crippen LogP contribution is -2.12. The van der Waals surface area contributed by atoms with E-state index in [1.54, 1.807) is 35.2 Å². The maximum absolute atomic E-state index is 12.8. The molecule has 3 aromatic rings. The molecule has 26 heavy (non-hydrogen) atoms. The standard InChI is InChI=1S/C19H19FN2O2S2/c20-12-5-7-13(8-6-12)24-9-10-25-11-16-21-18(23)17-14-3-1-2-4-15(14)26-19(17)22-16/h5-8H,1-4,9-11H2,(H,21,22,23). The molecule has 2 heterocycles. The molecule has 0 aliphatic heterocycles. The van der Waals surface area contributed by atoms with Gasteiger partial charge < -0.3 is 9.72 Å². The highest BCUT2D eigenvalue weighted by Crippen LogP contribution is 2.33. The Morgan fingerprint density at radius 3 is 2.88 bits per heavy atom. The van der Waals surface area contributed by atoms with E-state index in [9.17, 15) is 9.18 Å². The Balaban J connectivity index is 1.35. The van der Waals surface area contributed by atoms with Crippen LogP contribution in [0.1, 0.15) is 29.1 Å². The largest absolute Gasteiger partial charge is 0.493 e. The van der Waals surface area contributed by atoms with Gasteiger partial charge in [-0.05, 0) is 55.5 Å². The third-order valence-electron chi connectivity index (χ3n) is 4.42. The maximum Gasteiger partial charge on any atom is 0.259 e. The van der Waals surface area contributed by atoms with E-state index in [-0.39, 0.29) is 11.4 Å². The van der Waals surface area contributed by atoms with Crippen LogP contribution in [-0.4, -0.2) is 22.3 Å². The summed E-state index contributed by atoms with van der Waals surface area (Å²) < 4.78 is 18.4. The van der Waals surface area contributed by atoms with Crippen LogP contribution in [0.4, 0.5) is 4.39 Å². The predicted molar refractivity (Wildman–Crippen MR) is 105 cm³/mol. The minimum absolute atomic E-state index is 0.00689. The number of fused-ring (bicyclic) bond motifs is 3. The Morgan fingerprint density at radius 1 is 1.23 bits per heavy atom. The zero-order chi connectivity index (χ0) is 17.9. The molecule has 0 saturated carbocycles. The quantitative estimate of drug-likeness (QED) is 0.637. The number of ether oxygens (including phenoxy) is 1. The van der Waals surface area contributed by atoms with Crippen molar-refractivity contribution < 1.29 is 9.13 Å². The third-order valence-corrected chi connectivity index (χ3v) is 6.54. The number of halogens is 1. The van der Waals surface area contributed by atoms with Gasteiger partial charge in [-0.3, -0.25) is 4.79 Å². The summed E-state index contributed by atoms with van der Waals surface area (Å²) in [6.07, 6.45) is 4.42. The van der Waals surface area contributed by atoms with Crippen LogP contribution >= 0.6 is 23.1 Å². The van der Waals surface area contributed by atoms with Gasteiger partial charge in [-0.1, -0.05) is 0 Å². The second-order valence-electron chi connectivity index (χ2n) is 6.26. The number of hydrogen-bond acceptors (Lipinski definition) is 5. The molecule has 1 aromatic carbocycles. The van der Waals surface area contributed by atoms with E-state index in [1.165, 1.54) is 29.0 Å². The molecule has 136 valence electrons. The molecule has 4 rings (SSSR count). The van der Waals surface area contributed by atoms with Crippen LogP contribution in [0.15, 0.2) is 29.1 Å². The third kappa shape index (κ3) is 3.78. The van der Waals surface area contributed by atoms with Crippen LogP contribution in [0.2, 0.25) is 0 Å². The summed E-state index contributed by atoms with van der Waals surface area (Å²) in [7, 11) is 0. The van der Waals surface area contributed by atoms with Gasteiger partial charge in [0.1, 0.15) is 22.2 Å². The van der Waals surface area contributed by atoms with Crippen molar-refractivity contribution in [3.63, 3.8) is 0 Å². The Morgan fingerprint density at radius 2 is 2.04 bits per heavy atom. The number of benzene rings is 1. The SMILES string of the molecule is O=c1[nH]c(CSCCOc2ccc(F)cc2)nc2sc3c(c12)CCCC3. The first-order chi connectivity index (χ1) is 12.7.